The van der Waals surface area contributed by atoms with Crippen molar-refractivity contribution in [3.8, 4) is 5.75 Å². The lowest BCUT2D eigenvalue weighted by atomic mass is 9.94. The summed E-state index contributed by atoms with van der Waals surface area (Å²) in [5.41, 5.74) is 6.13. The number of fused-ring (bicyclic) bond motifs is 1. The van der Waals surface area contributed by atoms with Gasteiger partial charge in [-0.1, -0.05) is 24.3 Å². The number of carbonyl (C=O) groups excluding carboxylic acids is 1. The smallest absolute Gasteiger partial charge is 0.141 e. The molecule has 0 aromatic heterocycles. The van der Waals surface area contributed by atoms with E-state index in [2.05, 4.69) is 36.5 Å². The number of aldehydes is 1. The molecule has 0 bridgehead atoms. The molecule has 1 N–H and O–H groups in total. The molecule has 1 atom stereocenters. The Morgan fingerprint density at radius 2 is 2.00 bits per heavy atom. The molecular weight excluding hydrogens is 262 g/mol. The van der Waals surface area contributed by atoms with E-state index >= 15 is 0 Å². The van der Waals surface area contributed by atoms with Crippen molar-refractivity contribution in [3.05, 3.63) is 64.2 Å². The third-order valence-electron chi connectivity index (χ3n) is 4.06. The van der Waals surface area contributed by atoms with Gasteiger partial charge in [0.15, 0.2) is 0 Å². The van der Waals surface area contributed by atoms with Gasteiger partial charge in [-0.05, 0) is 53.3 Å². The average molecular weight is 281 g/mol. The monoisotopic (exact) mass is 281 g/mol. The van der Waals surface area contributed by atoms with Crippen LogP contribution in [-0.4, -0.2) is 13.4 Å². The van der Waals surface area contributed by atoms with Crippen molar-refractivity contribution in [2.45, 2.75) is 25.9 Å². The highest BCUT2D eigenvalue weighted by Crippen LogP contribution is 2.29. The Morgan fingerprint density at radius 1 is 1.24 bits per heavy atom. The molecule has 0 amide bonds. The Labute approximate surface area is 124 Å². The van der Waals surface area contributed by atoms with Gasteiger partial charge >= 0.3 is 0 Å². The summed E-state index contributed by atoms with van der Waals surface area (Å²) in [6, 6.07) is 12.4. The van der Waals surface area contributed by atoms with Gasteiger partial charge in [0.2, 0.25) is 0 Å². The Balaban J connectivity index is 1.86. The van der Waals surface area contributed by atoms with Gasteiger partial charge in [-0.2, -0.15) is 0 Å². The zero-order chi connectivity index (χ0) is 14.8. The SMILES string of the molecule is COc1ccc(Cc2cc(C)c3c(c2)CNC3C=O)cc1. The number of rotatable bonds is 4. The van der Waals surface area contributed by atoms with E-state index in [-0.39, 0.29) is 6.04 Å². The maximum atomic E-state index is 11.1. The first kappa shape index (κ1) is 13.8. The van der Waals surface area contributed by atoms with Crippen LogP contribution in [0.4, 0.5) is 0 Å². The second kappa shape index (κ2) is 5.70. The summed E-state index contributed by atoms with van der Waals surface area (Å²) >= 11 is 0. The number of nitrogens with one attached hydrogen (secondary N) is 1. The summed E-state index contributed by atoms with van der Waals surface area (Å²) in [5.74, 6) is 0.877. The van der Waals surface area contributed by atoms with Crippen LogP contribution in [0.1, 0.15) is 33.9 Å². The minimum Gasteiger partial charge on any atom is -0.497 e. The molecule has 0 fully saturated rings. The van der Waals surface area contributed by atoms with Crippen molar-refractivity contribution in [1.29, 1.82) is 0 Å². The van der Waals surface area contributed by atoms with Crippen molar-refractivity contribution in [1.82, 2.24) is 5.32 Å². The lowest BCUT2D eigenvalue weighted by Gasteiger charge is -2.11. The molecule has 3 heteroatoms. The molecule has 0 spiro atoms. The predicted octanol–water partition coefficient (Wildman–Crippen LogP) is 2.94. The zero-order valence-electron chi connectivity index (χ0n) is 12.3. The fourth-order valence-electron chi connectivity index (χ4n) is 3.06. The van der Waals surface area contributed by atoms with E-state index in [1.165, 1.54) is 22.3 Å². The van der Waals surface area contributed by atoms with Gasteiger partial charge in [0.05, 0.1) is 13.2 Å². The maximum Gasteiger partial charge on any atom is 0.141 e. The number of hydrogen-bond donors (Lipinski definition) is 1. The fraction of sp³-hybridized carbons (Fsp3) is 0.278. The largest absolute Gasteiger partial charge is 0.497 e. The summed E-state index contributed by atoms with van der Waals surface area (Å²) < 4.78 is 5.18. The molecule has 1 heterocycles. The van der Waals surface area contributed by atoms with Crippen LogP contribution in [0, 0.1) is 6.92 Å². The number of aryl methyl sites for hydroxylation is 1. The molecular formula is C18H19NO2. The number of carbonyl (C=O) groups is 1. The van der Waals surface area contributed by atoms with Crippen LogP contribution in [0.3, 0.4) is 0 Å². The molecule has 2 aromatic carbocycles. The lowest BCUT2D eigenvalue weighted by molar-refractivity contribution is -0.109. The molecule has 1 aliphatic rings. The predicted molar refractivity (Wildman–Crippen MR) is 82.6 cm³/mol. The summed E-state index contributed by atoms with van der Waals surface area (Å²) in [7, 11) is 1.68. The van der Waals surface area contributed by atoms with Crippen LogP contribution in [0.25, 0.3) is 0 Å². The van der Waals surface area contributed by atoms with E-state index in [0.29, 0.717) is 0 Å². The number of benzene rings is 2. The number of methoxy groups -OCH3 is 1. The van der Waals surface area contributed by atoms with Gasteiger partial charge in [-0.3, -0.25) is 5.32 Å². The van der Waals surface area contributed by atoms with Crippen molar-refractivity contribution < 1.29 is 9.53 Å². The molecule has 21 heavy (non-hydrogen) atoms. The first-order valence-corrected chi connectivity index (χ1v) is 7.15. The van der Waals surface area contributed by atoms with Gasteiger partial charge in [-0.25, -0.2) is 0 Å². The van der Waals surface area contributed by atoms with Gasteiger partial charge in [0.25, 0.3) is 0 Å². The van der Waals surface area contributed by atoms with Crippen molar-refractivity contribution in [2.75, 3.05) is 7.11 Å². The molecule has 0 radical (unpaired) electrons. The number of ether oxygens (including phenoxy) is 1. The zero-order valence-corrected chi connectivity index (χ0v) is 12.3. The molecule has 1 unspecified atom stereocenters. The molecule has 2 aromatic rings. The molecule has 0 saturated heterocycles. The van der Waals surface area contributed by atoms with Crippen LogP contribution in [0.15, 0.2) is 36.4 Å². The van der Waals surface area contributed by atoms with E-state index in [0.717, 1.165) is 30.6 Å². The van der Waals surface area contributed by atoms with Crippen molar-refractivity contribution in [3.63, 3.8) is 0 Å². The highest BCUT2D eigenvalue weighted by molar-refractivity contribution is 5.66. The second-order valence-corrected chi connectivity index (χ2v) is 5.51. The third kappa shape index (κ3) is 2.69. The van der Waals surface area contributed by atoms with Gasteiger partial charge in [0.1, 0.15) is 12.0 Å². The maximum absolute atomic E-state index is 11.1. The molecule has 3 rings (SSSR count). The number of hydrogen-bond acceptors (Lipinski definition) is 3. The Morgan fingerprint density at radius 3 is 2.67 bits per heavy atom. The first-order chi connectivity index (χ1) is 10.2. The van der Waals surface area contributed by atoms with E-state index in [1.54, 1.807) is 7.11 Å². The highest BCUT2D eigenvalue weighted by Gasteiger charge is 2.23. The Kier molecular flexibility index (Phi) is 3.76. The first-order valence-electron chi connectivity index (χ1n) is 7.15. The Bertz CT molecular complexity index is 662. The standard InChI is InChI=1S/C18H19NO2/c1-12-7-14(8-13-3-5-16(21-2)6-4-13)9-15-10-19-17(11-20)18(12)15/h3-7,9,11,17,19H,8,10H2,1-2H3. The lowest BCUT2D eigenvalue weighted by Crippen LogP contribution is -2.13. The molecule has 0 aliphatic carbocycles. The second-order valence-electron chi connectivity index (χ2n) is 5.51. The summed E-state index contributed by atoms with van der Waals surface area (Å²) in [6.07, 6.45) is 1.88. The van der Waals surface area contributed by atoms with E-state index in [4.69, 9.17) is 4.74 Å². The van der Waals surface area contributed by atoms with Crippen molar-refractivity contribution in [2.24, 2.45) is 0 Å². The molecule has 108 valence electrons. The molecule has 3 nitrogen and oxygen atoms in total. The van der Waals surface area contributed by atoms with Crippen LogP contribution in [0.2, 0.25) is 0 Å². The minimum absolute atomic E-state index is 0.143. The normalized spacial score (nSPS) is 16.6. The van der Waals surface area contributed by atoms with Crippen LogP contribution < -0.4 is 10.1 Å². The third-order valence-corrected chi connectivity index (χ3v) is 4.06. The van der Waals surface area contributed by atoms with Crippen LogP contribution in [-0.2, 0) is 17.8 Å². The highest BCUT2D eigenvalue weighted by atomic mass is 16.5. The summed E-state index contributed by atoms with van der Waals surface area (Å²) in [4.78, 5) is 11.1. The molecule has 1 aliphatic heterocycles. The summed E-state index contributed by atoms with van der Waals surface area (Å²) in [6.45, 7) is 2.86. The minimum atomic E-state index is -0.143. The van der Waals surface area contributed by atoms with Gasteiger partial charge in [-0.15, -0.1) is 0 Å². The van der Waals surface area contributed by atoms with E-state index < -0.39 is 0 Å². The van der Waals surface area contributed by atoms with E-state index in [1.807, 2.05) is 12.1 Å². The average Bonchev–Trinajstić information content (AvgIpc) is 2.91. The Hall–Kier alpha value is -2.13. The van der Waals surface area contributed by atoms with Crippen LogP contribution >= 0.6 is 0 Å². The summed E-state index contributed by atoms with van der Waals surface area (Å²) in [5, 5.41) is 3.23. The van der Waals surface area contributed by atoms with Crippen LogP contribution in [0.5, 0.6) is 5.75 Å². The van der Waals surface area contributed by atoms with Crippen molar-refractivity contribution >= 4 is 6.29 Å². The quantitative estimate of drug-likeness (QED) is 0.876. The van der Waals surface area contributed by atoms with Gasteiger partial charge < -0.3 is 9.53 Å². The molecule has 0 saturated carbocycles. The fourth-order valence-corrected chi connectivity index (χ4v) is 3.06. The van der Waals surface area contributed by atoms with E-state index in [9.17, 15) is 4.79 Å². The van der Waals surface area contributed by atoms with Gasteiger partial charge in [0, 0.05) is 6.54 Å². The topological polar surface area (TPSA) is 38.3 Å².